The van der Waals surface area contributed by atoms with Gasteiger partial charge in [0.1, 0.15) is 11.9 Å². The first-order valence-corrected chi connectivity index (χ1v) is 13.0. The Morgan fingerprint density at radius 1 is 1.24 bits per heavy atom. The molecule has 6 nitrogen and oxygen atoms in total. The van der Waals surface area contributed by atoms with Gasteiger partial charge in [0.15, 0.2) is 0 Å². The topological polar surface area (TPSA) is 89.0 Å². The van der Waals surface area contributed by atoms with E-state index in [2.05, 4.69) is 4.98 Å². The summed E-state index contributed by atoms with van der Waals surface area (Å²) >= 11 is 1.59. The van der Waals surface area contributed by atoms with Crippen LogP contribution in [0.5, 0.6) is 0 Å². The van der Waals surface area contributed by atoms with Gasteiger partial charge in [-0.05, 0) is 50.7 Å². The van der Waals surface area contributed by atoms with Crippen molar-refractivity contribution in [1.82, 2.24) is 4.98 Å². The molecule has 1 unspecified atom stereocenters. The fourth-order valence-electron chi connectivity index (χ4n) is 4.78. The van der Waals surface area contributed by atoms with Gasteiger partial charge in [-0.15, -0.1) is 11.3 Å². The number of aromatic nitrogens is 1. The number of ether oxygens (including phenoxy) is 2. The Morgan fingerprint density at radius 3 is 2.64 bits per heavy atom. The molecule has 0 aliphatic carbocycles. The van der Waals surface area contributed by atoms with E-state index in [-0.39, 0.29) is 42.4 Å². The van der Waals surface area contributed by atoms with E-state index in [0.717, 1.165) is 35.5 Å². The number of carbonyl (C=O) groups excluding carboxylic acids is 2. The van der Waals surface area contributed by atoms with Gasteiger partial charge in [-0.1, -0.05) is 34.1 Å². The van der Waals surface area contributed by atoms with Crippen LogP contribution in [0.3, 0.4) is 0 Å². The minimum absolute atomic E-state index is 0.00105. The molecule has 0 bridgehead atoms. The number of ketones is 1. The van der Waals surface area contributed by atoms with Gasteiger partial charge in [-0.25, -0.2) is 4.98 Å². The summed E-state index contributed by atoms with van der Waals surface area (Å²) in [6, 6.07) is 0. The first-order chi connectivity index (χ1) is 15.5. The molecule has 2 aliphatic rings. The highest BCUT2D eigenvalue weighted by Crippen LogP contribution is 2.36. The number of aliphatic hydroxyl groups is 1. The number of hydrogen-bond acceptors (Lipinski definition) is 7. The zero-order valence-electron chi connectivity index (χ0n) is 20.8. The molecule has 0 amide bonds. The minimum Gasteiger partial charge on any atom is -0.458 e. The molecule has 1 N–H and O–H groups in total. The molecule has 33 heavy (non-hydrogen) atoms. The van der Waals surface area contributed by atoms with Crippen LogP contribution in [0.2, 0.25) is 0 Å². The summed E-state index contributed by atoms with van der Waals surface area (Å²) < 4.78 is 11.8. The van der Waals surface area contributed by atoms with Gasteiger partial charge >= 0.3 is 5.97 Å². The van der Waals surface area contributed by atoms with Crippen molar-refractivity contribution in [2.45, 2.75) is 104 Å². The second kappa shape index (κ2) is 10.8. The maximum absolute atomic E-state index is 13.1. The third-order valence-corrected chi connectivity index (χ3v) is 8.00. The third kappa shape index (κ3) is 6.96. The number of epoxide rings is 1. The van der Waals surface area contributed by atoms with Crippen LogP contribution in [-0.2, 0) is 19.1 Å². The van der Waals surface area contributed by atoms with Crippen molar-refractivity contribution in [2.75, 3.05) is 0 Å². The van der Waals surface area contributed by atoms with Crippen molar-refractivity contribution in [3.8, 4) is 0 Å². The number of cyclic esters (lactones) is 1. The van der Waals surface area contributed by atoms with Crippen LogP contribution in [0.4, 0.5) is 0 Å². The summed E-state index contributed by atoms with van der Waals surface area (Å²) in [6.45, 7) is 11.5. The Bertz CT molecular complexity index is 876. The Morgan fingerprint density at radius 2 is 1.97 bits per heavy atom. The molecular formula is C26H39NO5S. The smallest absolute Gasteiger partial charge is 0.306 e. The number of esters is 1. The molecule has 0 spiro atoms. The molecule has 0 saturated carbocycles. The largest absolute Gasteiger partial charge is 0.458 e. The monoisotopic (exact) mass is 477 g/mol. The number of nitrogens with zero attached hydrogens (tertiary/aromatic N) is 1. The van der Waals surface area contributed by atoms with Crippen LogP contribution >= 0.6 is 11.3 Å². The van der Waals surface area contributed by atoms with Crippen LogP contribution < -0.4 is 0 Å². The number of fused-ring (bicyclic) bond motifs is 1. The van der Waals surface area contributed by atoms with Crippen molar-refractivity contribution >= 4 is 29.2 Å². The Labute approximate surface area is 201 Å². The van der Waals surface area contributed by atoms with Gasteiger partial charge in [0.05, 0.1) is 29.0 Å². The Hall–Kier alpha value is -1.57. The summed E-state index contributed by atoms with van der Waals surface area (Å²) in [7, 11) is 0. The molecule has 184 valence electrons. The molecule has 1 aromatic heterocycles. The van der Waals surface area contributed by atoms with Gasteiger partial charge in [0.2, 0.25) is 0 Å². The molecule has 2 fully saturated rings. The number of hydrogen-bond donors (Lipinski definition) is 1. The minimum atomic E-state index is -0.709. The van der Waals surface area contributed by atoms with Gasteiger partial charge in [-0.3, -0.25) is 9.59 Å². The molecule has 6 atom stereocenters. The standard InChI is InChI=1S/C26H39NO5S/c1-15-8-7-9-20-22(31-20)13-21(16(2)12-19-14-33-18(4)27-19)32-23(28)10-11-26(5,6)25(30)17(3)24(15)29/h12,14-15,17,20-22,24,29H,7-11,13H2,1-6H3/b16-12+/t15-,17+,20?,21-,22-,24-/m0/s1. The lowest BCUT2D eigenvalue weighted by molar-refractivity contribution is -0.149. The molecule has 2 saturated heterocycles. The first kappa shape index (κ1) is 26.0. The number of carbonyl (C=O) groups is 2. The van der Waals surface area contributed by atoms with E-state index in [4.69, 9.17) is 9.47 Å². The van der Waals surface area contributed by atoms with E-state index in [9.17, 15) is 14.7 Å². The predicted octanol–water partition coefficient (Wildman–Crippen LogP) is 5.12. The van der Waals surface area contributed by atoms with Crippen molar-refractivity contribution in [3.63, 3.8) is 0 Å². The number of Topliss-reactive ketones (excluding diaryl/α,β-unsaturated/α-hetero) is 1. The number of aliphatic hydroxyl groups excluding tert-OH is 1. The van der Waals surface area contributed by atoms with Crippen molar-refractivity contribution in [2.24, 2.45) is 17.3 Å². The van der Waals surface area contributed by atoms with E-state index < -0.39 is 17.4 Å². The average molecular weight is 478 g/mol. The predicted molar refractivity (Wildman–Crippen MR) is 130 cm³/mol. The second-order valence-electron chi connectivity index (χ2n) is 10.5. The molecule has 3 heterocycles. The van der Waals surface area contributed by atoms with Crippen molar-refractivity contribution < 1.29 is 24.2 Å². The van der Waals surface area contributed by atoms with Gasteiger partial charge in [0, 0.05) is 29.6 Å². The maximum Gasteiger partial charge on any atom is 0.306 e. The summed E-state index contributed by atoms with van der Waals surface area (Å²) in [5.74, 6) is -0.745. The summed E-state index contributed by atoms with van der Waals surface area (Å²) in [6.07, 6.45) is 5.03. The Kier molecular flexibility index (Phi) is 8.51. The normalized spacial score (nSPS) is 34.5. The highest BCUT2D eigenvalue weighted by molar-refractivity contribution is 7.09. The molecule has 1 aromatic rings. The number of rotatable bonds is 2. The highest BCUT2D eigenvalue weighted by Gasteiger charge is 2.42. The summed E-state index contributed by atoms with van der Waals surface area (Å²) in [5, 5.41) is 13.7. The van der Waals surface area contributed by atoms with E-state index >= 15 is 0 Å². The zero-order valence-corrected chi connectivity index (χ0v) is 21.6. The highest BCUT2D eigenvalue weighted by atomic mass is 32.1. The second-order valence-corrected chi connectivity index (χ2v) is 11.6. The van der Waals surface area contributed by atoms with Gasteiger partial charge in [-0.2, -0.15) is 0 Å². The summed E-state index contributed by atoms with van der Waals surface area (Å²) in [4.78, 5) is 30.4. The Balaban J connectivity index is 1.77. The van der Waals surface area contributed by atoms with Crippen LogP contribution in [0.25, 0.3) is 6.08 Å². The van der Waals surface area contributed by atoms with Crippen LogP contribution in [-0.4, -0.2) is 46.3 Å². The molecule has 2 aliphatic heterocycles. The van der Waals surface area contributed by atoms with E-state index in [1.165, 1.54) is 0 Å². The third-order valence-electron chi connectivity index (χ3n) is 7.21. The zero-order chi connectivity index (χ0) is 24.3. The molecule has 7 heteroatoms. The fraction of sp³-hybridized carbons (Fsp3) is 0.731. The summed E-state index contributed by atoms with van der Waals surface area (Å²) in [5.41, 5.74) is 1.11. The number of thiazole rings is 1. The quantitative estimate of drug-likeness (QED) is 0.470. The lowest BCUT2D eigenvalue weighted by Crippen LogP contribution is -2.39. The SMILES string of the molecule is C/C(=C\c1csc(C)n1)[C@@H]1C[C@@H]2OC2CCC[C@H](C)[C@H](O)[C@@H](C)C(=O)C(C)(C)CCC(=O)O1. The van der Waals surface area contributed by atoms with Crippen molar-refractivity contribution in [1.29, 1.82) is 0 Å². The van der Waals surface area contributed by atoms with Gasteiger partial charge < -0.3 is 14.6 Å². The lowest BCUT2D eigenvalue weighted by Gasteiger charge is -2.31. The van der Waals surface area contributed by atoms with Gasteiger partial charge in [0.25, 0.3) is 0 Å². The molecule has 0 radical (unpaired) electrons. The molecule has 3 rings (SSSR count). The number of aryl methyl sites for hydroxylation is 1. The van der Waals surface area contributed by atoms with E-state index in [1.807, 2.05) is 46.1 Å². The van der Waals surface area contributed by atoms with Crippen LogP contribution in [0, 0.1) is 24.2 Å². The average Bonchev–Trinajstić information content (AvgIpc) is 3.37. The van der Waals surface area contributed by atoms with Crippen LogP contribution in [0.15, 0.2) is 11.0 Å². The van der Waals surface area contributed by atoms with E-state index in [0.29, 0.717) is 12.8 Å². The maximum atomic E-state index is 13.1. The fourth-order valence-corrected chi connectivity index (χ4v) is 5.35. The van der Waals surface area contributed by atoms with E-state index in [1.54, 1.807) is 18.3 Å². The van der Waals surface area contributed by atoms with Crippen LogP contribution in [0.1, 0.15) is 83.8 Å². The van der Waals surface area contributed by atoms with Crippen molar-refractivity contribution in [3.05, 3.63) is 21.7 Å². The first-order valence-electron chi connectivity index (χ1n) is 12.2. The molecule has 0 aromatic carbocycles. The molecular weight excluding hydrogens is 438 g/mol. The lowest BCUT2D eigenvalue weighted by atomic mass is 9.74.